The molecule has 1 fully saturated rings. The maximum Gasteiger partial charge on any atom is 0.338 e. The highest BCUT2D eigenvalue weighted by atomic mass is 16.5. The molecule has 8 nitrogen and oxygen atoms in total. The summed E-state index contributed by atoms with van der Waals surface area (Å²) in [5, 5.41) is 2.58. The summed E-state index contributed by atoms with van der Waals surface area (Å²) in [5.41, 5.74) is 1.56. The number of imide groups is 1. The Hall–Kier alpha value is -3.81. The van der Waals surface area contributed by atoms with E-state index in [2.05, 4.69) is 5.32 Å². The number of esters is 1. The summed E-state index contributed by atoms with van der Waals surface area (Å²) in [5.74, 6) is -2.11. The molecule has 0 saturated heterocycles. The molecule has 1 saturated carbocycles. The molecule has 0 spiro atoms. The molecule has 170 valence electrons. The van der Waals surface area contributed by atoms with Crippen molar-refractivity contribution in [2.24, 2.45) is 0 Å². The fourth-order valence-corrected chi connectivity index (χ4v) is 4.26. The van der Waals surface area contributed by atoms with Crippen LogP contribution in [0.4, 0.5) is 5.69 Å². The van der Waals surface area contributed by atoms with Gasteiger partial charge in [-0.05, 0) is 62.2 Å². The number of carbonyl (C=O) groups is 5. The first-order valence-corrected chi connectivity index (χ1v) is 10.9. The molecule has 2 aromatic carbocycles. The van der Waals surface area contributed by atoms with Gasteiger partial charge >= 0.3 is 5.97 Å². The van der Waals surface area contributed by atoms with E-state index in [9.17, 15) is 24.0 Å². The van der Waals surface area contributed by atoms with Gasteiger partial charge in [0.05, 0.1) is 16.7 Å². The monoisotopic (exact) mass is 448 g/mol. The average molecular weight is 448 g/mol. The van der Waals surface area contributed by atoms with Crippen LogP contribution in [0.2, 0.25) is 0 Å². The van der Waals surface area contributed by atoms with E-state index in [0.717, 1.165) is 32.1 Å². The Kier molecular flexibility index (Phi) is 6.35. The van der Waals surface area contributed by atoms with Crippen molar-refractivity contribution in [2.45, 2.75) is 45.1 Å². The highest BCUT2D eigenvalue weighted by molar-refractivity contribution is 6.22. The van der Waals surface area contributed by atoms with Crippen LogP contribution in [0, 0.1) is 0 Å². The molecule has 0 aromatic heterocycles. The van der Waals surface area contributed by atoms with Crippen molar-refractivity contribution < 1.29 is 28.7 Å². The number of amides is 3. The second-order valence-corrected chi connectivity index (χ2v) is 8.29. The van der Waals surface area contributed by atoms with Gasteiger partial charge in [-0.15, -0.1) is 0 Å². The Morgan fingerprint density at radius 3 is 2.21 bits per heavy atom. The average Bonchev–Trinajstić information content (AvgIpc) is 3.07. The minimum atomic E-state index is -0.767. The van der Waals surface area contributed by atoms with Gasteiger partial charge in [0.15, 0.2) is 12.4 Å². The largest absolute Gasteiger partial charge is 0.452 e. The molecule has 2 aromatic rings. The third-order valence-corrected chi connectivity index (χ3v) is 6.00. The van der Waals surface area contributed by atoms with Gasteiger partial charge in [0.1, 0.15) is 0 Å². The summed E-state index contributed by atoms with van der Waals surface area (Å²) in [4.78, 5) is 62.8. The third-order valence-electron chi connectivity index (χ3n) is 6.00. The number of hydrogen-bond acceptors (Lipinski definition) is 6. The molecule has 3 amide bonds. The number of nitrogens with zero attached hydrogens (tertiary/aromatic N) is 1. The fourth-order valence-electron chi connectivity index (χ4n) is 4.26. The second kappa shape index (κ2) is 9.36. The van der Waals surface area contributed by atoms with Crippen LogP contribution in [0.15, 0.2) is 42.5 Å². The molecule has 1 N–H and O–H groups in total. The van der Waals surface area contributed by atoms with Crippen LogP contribution in [0.3, 0.4) is 0 Å². The number of carbonyl (C=O) groups excluding carboxylic acids is 5. The van der Waals surface area contributed by atoms with Gasteiger partial charge in [0.2, 0.25) is 0 Å². The van der Waals surface area contributed by atoms with Gasteiger partial charge in [0, 0.05) is 17.3 Å². The summed E-state index contributed by atoms with van der Waals surface area (Å²) in [6.45, 7) is 0.925. The van der Waals surface area contributed by atoms with Crippen molar-refractivity contribution in [1.82, 2.24) is 4.90 Å². The zero-order chi connectivity index (χ0) is 23.5. The minimum absolute atomic E-state index is 0.0850. The van der Waals surface area contributed by atoms with Crippen LogP contribution < -0.4 is 5.32 Å². The van der Waals surface area contributed by atoms with E-state index in [1.54, 1.807) is 24.3 Å². The lowest BCUT2D eigenvalue weighted by molar-refractivity contribution is -0.119. The van der Waals surface area contributed by atoms with Crippen LogP contribution in [-0.2, 0) is 9.53 Å². The predicted octanol–water partition coefficient (Wildman–Crippen LogP) is 3.61. The fraction of sp³-hybridized carbons (Fsp3) is 0.320. The standard InChI is InChI=1S/C25H24N2O6/c1-15(28)16-7-10-18(11-8-16)26-22(29)14-33-25(32)17-9-12-20-21(13-17)24(31)27(23(20)30)19-5-3-2-4-6-19/h7-13,19H,2-6,14H2,1H3,(H,26,29). The maximum atomic E-state index is 12.9. The summed E-state index contributed by atoms with van der Waals surface area (Å²) >= 11 is 0. The molecule has 8 heteroatoms. The number of Topliss-reactive ketones (excluding diaryl/α,β-unsaturated/α-hetero) is 1. The van der Waals surface area contributed by atoms with Crippen LogP contribution in [-0.4, -0.2) is 47.0 Å². The van der Waals surface area contributed by atoms with Crippen LogP contribution in [0.25, 0.3) is 0 Å². The van der Waals surface area contributed by atoms with Crippen molar-refractivity contribution in [2.75, 3.05) is 11.9 Å². The molecule has 1 aliphatic carbocycles. The van der Waals surface area contributed by atoms with E-state index in [0.29, 0.717) is 11.3 Å². The lowest BCUT2D eigenvalue weighted by atomic mass is 9.94. The van der Waals surface area contributed by atoms with Gasteiger partial charge in [-0.3, -0.25) is 24.1 Å². The Morgan fingerprint density at radius 2 is 1.55 bits per heavy atom. The SMILES string of the molecule is CC(=O)c1ccc(NC(=O)COC(=O)c2ccc3c(c2)C(=O)N(C2CCCCC2)C3=O)cc1. The highest BCUT2D eigenvalue weighted by Gasteiger charge is 2.40. The molecule has 1 aliphatic heterocycles. The van der Waals surface area contributed by atoms with E-state index < -0.39 is 18.5 Å². The minimum Gasteiger partial charge on any atom is -0.452 e. The topological polar surface area (TPSA) is 110 Å². The predicted molar refractivity (Wildman–Crippen MR) is 119 cm³/mol. The maximum absolute atomic E-state index is 12.9. The lowest BCUT2D eigenvalue weighted by Gasteiger charge is -2.29. The number of ether oxygens (including phenoxy) is 1. The first-order valence-electron chi connectivity index (χ1n) is 10.9. The number of anilines is 1. The summed E-state index contributed by atoms with van der Waals surface area (Å²) < 4.78 is 5.07. The van der Waals surface area contributed by atoms with Crippen molar-refractivity contribution >= 4 is 35.2 Å². The number of rotatable bonds is 6. The third kappa shape index (κ3) is 4.69. The number of hydrogen-bond donors (Lipinski definition) is 1. The van der Waals surface area contributed by atoms with Gasteiger partial charge in [-0.25, -0.2) is 4.79 Å². The zero-order valence-corrected chi connectivity index (χ0v) is 18.3. The number of fused-ring (bicyclic) bond motifs is 1. The van der Waals surface area contributed by atoms with Crippen LogP contribution in [0.1, 0.15) is 80.5 Å². The van der Waals surface area contributed by atoms with E-state index in [-0.39, 0.29) is 40.3 Å². The summed E-state index contributed by atoms with van der Waals surface area (Å²) in [6.07, 6.45) is 4.67. The van der Waals surface area contributed by atoms with Gasteiger partial charge in [0.25, 0.3) is 17.7 Å². The first kappa shape index (κ1) is 22.4. The van der Waals surface area contributed by atoms with E-state index in [1.165, 1.54) is 30.0 Å². The molecule has 0 bridgehead atoms. The second-order valence-electron chi connectivity index (χ2n) is 8.29. The molecule has 4 rings (SSSR count). The van der Waals surface area contributed by atoms with Gasteiger partial charge in [-0.1, -0.05) is 19.3 Å². The Labute approximate surface area is 190 Å². The normalized spacial score (nSPS) is 15.8. The highest BCUT2D eigenvalue weighted by Crippen LogP contribution is 2.31. The van der Waals surface area contributed by atoms with E-state index in [4.69, 9.17) is 4.74 Å². The van der Waals surface area contributed by atoms with Crippen molar-refractivity contribution in [3.05, 3.63) is 64.7 Å². The molecular formula is C25H24N2O6. The van der Waals surface area contributed by atoms with Crippen molar-refractivity contribution in [1.29, 1.82) is 0 Å². The van der Waals surface area contributed by atoms with E-state index in [1.807, 2.05) is 0 Å². The quantitative estimate of drug-likeness (QED) is 0.411. The van der Waals surface area contributed by atoms with Gasteiger partial charge < -0.3 is 10.1 Å². The number of nitrogens with one attached hydrogen (secondary N) is 1. The summed E-state index contributed by atoms with van der Waals surface area (Å²) in [6, 6.07) is 10.5. The lowest BCUT2D eigenvalue weighted by Crippen LogP contribution is -2.40. The van der Waals surface area contributed by atoms with E-state index >= 15 is 0 Å². The van der Waals surface area contributed by atoms with Crippen molar-refractivity contribution in [3.63, 3.8) is 0 Å². The Balaban J connectivity index is 1.37. The van der Waals surface area contributed by atoms with Gasteiger partial charge in [-0.2, -0.15) is 0 Å². The molecule has 2 aliphatic rings. The molecular weight excluding hydrogens is 424 g/mol. The number of ketones is 1. The molecule has 1 heterocycles. The smallest absolute Gasteiger partial charge is 0.338 e. The number of benzene rings is 2. The Bertz CT molecular complexity index is 1130. The van der Waals surface area contributed by atoms with Crippen molar-refractivity contribution in [3.8, 4) is 0 Å². The molecule has 0 atom stereocenters. The molecule has 0 radical (unpaired) electrons. The molecule has 33 heavy (non-hydrogen) atoms. The molecule has 0 unspecified atom stereocenters. The Morgan fingerprint density at radius 1 is 0.909 bits per heavy atom. The zero-order valence-electron chi connectivity index (χ0n) is 18.3. The first-order chi connectivity index (χ1) is 15.8. The van der Waals surface area contributed by atoms with Crippen LogP contribution in [0.5, 0.6) is 0 Å². The van der Waals surface area contributed by atoms with Crippen LogP contribution >= 0.6 is 0 Å². The summed E-state index contributed by atoms with van der Waals surface area (Å²) in [7, 11) is 0.